The molecule has 0 bridgehead atoms. The standard InChI is InChI=1S/C14H22N2O2/c1-4-16-14(13-5-6-18-10(13)2)11-7-12(17-3)9-15-8-11/h7-10,13-14,16H,4-6H2,1-3H3. The number of methoxy groups -OCH3 is 1. The molecule has 2 heterocycles. The first-order chi connectivity index (χ1) is 8.76. The molecule has 1 aromatic heterocycles. The summed E-state index contributed by atoms with van der Waals surface area (Å²) in [5.74, 6) is 1.31. The smallest absolute Gasteiger partial charge is 0.137 e. The van der Waals surface area contributed by atoms with Crippen LogP contribution in [0, 0.1) is 5.92 Å². The fourth-order valence-corrected chi connectivity index (χ4v) is 2.64. The number of nitrogens with one attached hydrogen (secondary N) is 1. The van der Waals surface area contributed by atoms with Crippen LogP contribution in [0.3, 0.4) is 0 Å². The van der Waals surface area contributed by atoms with Gasteiger partial charge in [0.2, 0.25) is 0 Å². The van der Waals surface area contributed by atoms with Gasteiger partial charge in [0.1, 0.15) is 5.75 Å². The highest BCUT2D eigenvalue weighted by atomic mass is 16.5. The van der Waals surface area contributed by atoms with E-state index >= 15 is 0 Å². The highest BCUT2D eigenvalue weighted by Gasteiger charge is 2.32. The Kier molecular flexibility index (Phi) is 4.55. The predicted molar refractivity (Wildman–Crippen MR) is 70.7 cm³/mol. The fraction of sp³-hybridized carbons (Fsp3) is 0.643. The van der Waals surface area contributed by atoms with Crippen LogP contribution in [0.5, 0.6) is 5.75 Å². The van der Waals surface area contributed by atoms with Crippen molar-refractivity contribution in [2.24, 2.45) is 5.92 Å². The molecule has 1 aliphatic heterocycles. The van der Waals surface area contributed by atoms with Gasteiger partial charge < -0.3 is 14.8 Å². The number of pyridine rings is 1. The first-order valence-electron chi connectivity index (χ1n) is 6.60. The molecule has 3 unspecified atom stereocenters. The van der Waals surface area contributed by atoms with E-state index < -0.39 is 0 Å². The van der Waals surface area contributed by atoms with Gasteiger partial charge in [0.15, 0.2) is 0 Å². The molecule has 0 radical (unpaired) electrons. The van der Waals surface area contributed by atoms with E-state index in [-0.39, 0.29) is 6.04 Å². The van der Waals surface area contributed by atoms with Crippen LogP contribution >= 0.6 is 0 Å². The summed E-state index contributed by atoms with van der Waals surface area (Å²) in [4.78, 5) is 4.25. The second-order valence-electron chi connectivity index (χ2n) is 4.72. The summed E-state index contributed by atoms with van der Waals surface area (Å²) in [5, 5.41) is 3.55. The Morgan fingerprint density at radius 2 is 2.39 bits per heavy atom. The lowest BCUT2D eigenvalue weighted by Crippen LogP contribution is -2.31. The van der Waals surface area contributed by atoms with Crippen LogP contribution in [-0.4, -0.2) is 31.3 Å². The Morgan fingerprint density at radius 1 is 1.56 bits per heavy atom. The maximum Gasteiger partial charge on any atom is 0.137 e. The molecule has 4 heteroatoms. The molecule has 2 rings (SSSR count). The van der Waals surface area contributed by atoms with E-state index in [0.29, 0.717) is 12.0 Å². The van der Waals surface area contributed by atoms with Crippen molar-refractivity contribution in [3.63, 3.8) is 0 Å². The lowest BCUT2D eigenvalue weighted by atomic mass is 9.89. The normalized spacial score (nSPS) is 25.1. The molecular weight excluding hydrogens is 228 g/mol. The second kappa shape index (κ2) is 6.16. The topological polar surface area (TPSA) is 43.4 Å². The highest BCUT2D eigenvalue weighted by molar-refractivity contribution is 5.26. The zero-order valence-corrected chi connectivity index (χ0v) is 11.3. The van der Waals surface area contributed by atoms with E-state index in [0.717, 1.165) is 25.3 Å². The quantitative estimate of drug-likeness (QED) is 0.869. The van der Waals surface area contributed by atoms with Gasteiger partial charge in [-0.15, -0.1) is 0 Å². The minimum absolute atomic E-state index is 0.287. The number of aromatic nitrogens is 1. The van der Waals surface area contributed by atoms with E-state index in [2.05, 4.69) is 30.2 Å². The van der Waals surface area contributed by atoms with Crippen molar-refractivity contribution < 1.29 is 9.47 Å². The summed E-state index contributed by atoms with van der Waals surface area (Å²) >= 11 is 0. The average Bonchev–Trinajstić information content (AvgIpc) is 2.82. The summed E-state index contributed by atoms with van der Waals surface area (Å²) in [7, 11) is 1.67. The van der Waals surface area contributed by atoms with Gasteiger partial charge in [-0.2, -0.15) is 0 Å². The molecule has 1 N–H and O–H groups in total. The molecule has 0 aliphatic carbocycles. The Labute approximate surface area is 109 Å². The number of rotatable bonds is 5. The monoisotopic (exact) mass is 250 g/mol. The van der Waals surface area contributed by atoms with Crippen LogP contribution in [0.2, 0.25) is 0 Å². The van der Waals surface area contributed by atoms with Gasteiger partial charge >= 0.3 is 0 Å². The lowest BCUT2D eigenvalue weighted by molar-refractivity contribution is 0.0955. The summed E-state index contributed by atoms with van der Waals surface area (Å²) in [6.07, 6.45) is 5.04. The first kappa shape index (κ1) is 13.3. The molecule has 0 aromatic carbocycles. The summed E-state index contributed by atoms with van der Waals surface area (Å²) in [5.41, 5.74) is 1.18. The molecule has 1 saturated heterocycles. The van der Waals surface area contributed by atoms with Gasteiger partial charge in [0.25, 0.3) is 0 Å². The van der Waals surface area contributed by atoms with E-state index in [1.807, 2.05) is 6.20 Å². The van der Waals surface area contributed by atoms with Crippen molar-refractivity contribution in [2.45, 2.75) is 32.4 Å². The van der Waals surface area contributed by atoms with Crippen LogP contribution in [-0.2, 0) is 4.74 Å². The fourth-order valence-electron chi connectivity index (χ4n) is 2.64. The molecule has 1 aliphatic rings. The SMILES string of the molecule is CCNC(c1cncc(OC)c1)C1CCOC1C. The first-order valence-corrected chi connectivity index (χ1v) is 6.60. The minimum atomic E-state index is 0.287. The molecule has 4 nitrogen and oxygen atoms in total. The van der Waals surface area contributed by atoms with Gasteiger partial charge in [-0.3, -0.25) is 4.98 Å². The highest BCUT2D eigenvalue weighted by Crippen LogP contribution is 2.33. The number of nitrogens with zero attached hydrogens (tertiary/aromatic N) is 1. The molecule has 0 saturated carbocycles. The Hall–Kier alpha value is -1.13. The summed E-state index contributed by atoms with van der Waals surface area (Å²) < 4.78 is 10.9. The van der Waals surface area contributed by atoms with Crippen LogP contribution < -0.4 is 10.1 Å². The Morgan fingerprint density at radius 3 is 3.00 bits per heavy atom. The number of hydrogen-bond acceptors (Lipinski definition) is 4. The number of ether oxygens (including phenoxy) is 2. The van der Waals surface area contributed by atoms with Crippen molar-refractivity contribution in [1.82, 2.24) is 10.3 Å². The third-order valence-electron chi connectivity index (χ3n) is 3.62. The molecular formula is C14H22N2O2. The summed E-state index contributed by atoms with van der Waals surface area (Å²) in [6, 6.07) is 2.35. The lowest BCUT2D eigenvalue weighted by Gasteiger charge is -2.27. The van der Waals surface area contributed by atoms with E-state index in [4.69, 9.17) is 9.47 Å². The molecule has 3 atom stereocenters. The van der Waals surface area contributed by atoms with E-state index in [1.54, 1.807) is 13.3 Å². The predicted octanol–water partition coefficient (Wildman–Crippen LogP) is 2.17. The van der Waals surface area contributed by atoms with Gasteiger partial charge in [-0.05, 0) is 31.5 Å². The third kappa shape index (κ3) is 2.82. The van der Waals surface area contributed by atoms with E-state index in [9.17, 15) is 0 Å². The van der Waals surface area contributed by atoms with E-state index in [1.165, 1.54) is 5.56 Å². The minimum Gasteiger partial charge on any atom is -0.495 e. The maximum atomic E-state index is 5.68. The van der Waals surface area contributed by atoms with Crippen molar-refractivity contribution in [2.75, 3.05) is 20.3 Å². The molecule has 1 fully saturated rings. The average molecular weight is 250 g/mol. The molecule has 1 aromatic rings. The molecule has 0 spiro atoms. The molecule has 18 heavy (non-hydrogen) atoms. The maximum absolute atomic E-state index is 5.68. The van der Waals surface area contributed by atoms with Gasteiger partial charge in [-0.1, -0.05) is 6.92 Å². The van der Waals surface area contributed by atoms with Gasteiger partial charge in [0.05, 0.1) is 19.4 Å². The molecule has 0 amide bonds. The second-order valence-corrected chi connectivity index (χ2v) is 4.72. The van der Waals surface area contributed by atoms with Crippen molar-refractivity contribution in [1.29, 1.82) is 0 Å². The third-order valence-corrected chi connectivity index (χ3v) is 3.62. The van der Waals surface area contributed by atoms with Crippen LogP contribution in [0.15, 0.2) is 18.5 Å². The van der Waals surface area contributed by atoms with Crippen LogP contribution in [0.1, 0.15) is 31.9 Å². The van der Waals surface area contributed by atoms with Crippen molar-refractivity contribution in [3.8, 4) is 5.75 Å². The largest absolute Gasteiger partial charge is 0.495 e. The Bertz CT molecular complexity index is 384. The van der Waals surface area contributed by atoms with Gasteiger partial charge in [0, 0.05) is 24.8 Å². The summed E-state index contributed by atoms with van der Waals surface area (Å²) in [6.45, 7) is 6.06. The Balaban J connectivity index is 2.22. The van der Waals surface area contributed by atoms with Crippen LogP contribution in [0.25, 0.3) is 0 Å². The number of hydrogen-bond donors (Lipinski definition) is 1. The van der Waals surface area contributed by atoms with Gasteiger partial charge in [-0.25, -0.2) is 0 Å². The zero-order valence-electron chi connectivity index (χ0n) is 11.3. The van der Waals surface area contributed by atoms with Crippen molar-refractivity contribution in [3.05, 3.63) is 24.0 Å². The molecule has 100 valence electrons. The van der Waals surface area contributed by atoms with Crippen LogP contribution in [0.4, 0.5) is 0 Å². The van der Waals surface area contributed by atoms with Crippen molar-refractivity contribution >= 4 is 0 Å². The zero-order chi connectivity index (χ0) is 13.0.